The van der Waals surface area contributed by atoms with Crippen LogP contribution in [0.15, 0.2) is 53.8 Å². The summed E-state index contributed by atoms with van der Waals surface area (Å²) in [6.07, 6.45) is 4.81. The standard InChI is InChI=1S/C23H23N5O3S/c1-4-31-18-7-8-19-20(10-18)32-23(26-19)28(12-17-6-5-9-24-11-17)21(29)13-27-14-25-16(3)15(2)22(27)30/h5-11,14H,4,12-13H2,1-3H3. The van der Waals surface area contributed by atoms with Gasteiger partial charge >= 0.3 is 0 Å². The number of ether oxygens (including phenoxy) is 1. The Morgan fingerprint density at radius 2 is 2.09 bits per heavy atom. The number of hydrogen-bond acceptors (Lipinski definition) is 7. The number of benzene rings is 1. The first-order valence-corrected chi connectivity index (χ1v) is 11.0. The van der Waals surface area contributed by atoms with Gasteiger partial charge in [0.25, 0.3) is 5.56 Å². The van der Waals surface area contributed by atoms with Crippen LogP contribution in [0.25, 0.3) is 10.2 Å². The predicted octanol–water partition coefficient (Wildman–Crippen LogP) is 3.50. The van der Waals surface area contributed by atoms with Crippen LogP contribution < -0.4 is 15.2 Å². The third-order valence-corrected chi connectivity index (χ3v) is 6.12. The van der Waals surface area contributed by atoms with Gasteiger partial charge in [0.05, 0.1) is 29.7 Å². The summed E-state index contributed by atoms with van der Waals surface area (Å²) >= 11 is 1.40. The zero-order valence-electron chi connectivity index (χ0n) is 18.1. The Balaban J connectivity index is 1.70. The van der Waals surface area contributed by atoms with Gasteiger partial charge in [-0.1, -0.05) is 17.4 Å². The van der Waals surface area contributed by atoms with E-state index in [1.165, 1.54) is 22.2 Å². The number of hydrogen-bond donors (Lipinski definition) is 0. The topological polar surface area (TPSA) is 90.2 Å². The quantitative estimate of drug-likeness (QED) is 0.429. The van der Waals surface area contributed by atoms with E-state index in [2.05, 4.69) is 15.0 Å². The van der Waals surface area contributed by atoms with Crippen molar-refractivity contribution in [3.8, 4) is 5.75 Å². The normalized spacial score (nSPS) is 11.0. The second-order valence-corrected chi connectivity index (χ2v) is 8.30. The van der Waals surface area contributed by atoms with E-state index in [-0.39, 0.29) is 24.6 Å². The van der Waals surface area contributed by atoms with Crippen molar-refractivity contribution in [1.29, 1.82) is 0 Å². The van der Waals surface area contributed by atoms with Crippen LogP contribution in [0.5, 0.6) is 5.75 Å². The highest BCUT2D eigenvalue weighted by molar-refractivity contribution is 7.22. The average molecular weight is 450 g/mol. The van der Waals surface area contributed by atoms with E-state index in [0.29, 0.717) is 23.0 Å². The van der Waals surface area contributed by atoms with Crippen molar-refractivity contribution < 1.29 is 9.53 Å². The number of rotatable bonds is 7. The molecule has 0 bridgehead atoms. The molecule has 0 N–H and O–H groups in total. The summed E-state index contributed by atoms with van der Waals surface area (Å²) in [6.45, 7) is 6.14. The fourth-order valence-corrected chi connectivity index (χ4v) is 4.23. The first kappa shape index (κ1) is 21.6. The lowest BCUT2D eigenvalue weighted by atomic mass is 10.2. The minimum absolute atomic E-state index is 0.132. The molecule has 4 aromatic rings. The van der Waals surface area contributed by atoms with Gasteiger partial charge in [0, 0.05) is 23.7 Å². The van der Waals surface area contributed by atoms with E-state index in [0.717, 1.165) is 21.5 Å². The number of aryl methyl sites for hydroxylation is 1. The van der Waals surface area contributed by atoms with E-state index in [1.54, 1.807) is 31.1 Å². The van der Waals surface area contributed by atoms with Gasteiger partial charge in [0.1, 0.15) is 12.3 Å². The van der Waals surface area contributed by atoms with Crippen LogP contribution in [-0.4, -0.2) is 32.0 Å². The van der Waals surface area contributed by atoms with E-state index in [4.69, 9.17) is 4.74 Å². The van der Waals surface area contributed by atoms with Gasteiger partial charge in [-0.3, -0.25) is 24.0 Å². The molecule has 0 radical (unpaired) electrons. The molecular weight excluding hydrogens is 426 g/mol. The van der Waals surface area contributed by atoms with Gasteiger partial charge in [-0.05, 0) is 50.6 Å². The second kappa shape index (κ2) is 9.27. The van der Waals surface area contributed by atoms with E-state index in [9.17, 15) is 9.59 Å². The molecule has 0 atom stereocenters. The van der Waals surface area contributed by atoms with Crippen LogP contribution in [0.4, 0.5) is 5.13 Å². The SMILES string of the molecule is CCOc1ccc2nc(N(Cc3cccnc3)C(=O)Cn3cnc(C)c(C)c3=O)sc2c1. The van der Waals surface area contributed by atoms with Gasteiger partial charge in [-0.25, -0.2) is 9.97 Å². The molecule has 0 fully saturated rings. The summed E-state index contributed by atoms with van der Waals surface area (Å²) in [4.78, 5) is 40.6. The zero-order chi connectivity index (χ0) is 22.7. The molecule has 0 aliphatic rings. The minimum Gasteiger partial charge on any atom is -0.494 e. The van der Waals surface area contributed by atoms with Crippen molar-refractivity contribution in [2.45, 2.75) is 33.9 Å². The van der Waals surface area contributed by atoms with Crippen molar-refractivity contribution >= 4 is 32.6 Å². The molecule has 0 unspecified atom stereocenters. The van der Waals surface area contributed by atoms with Crippen molar-refractivity contribution in [3.05, 3.63) is 76.2 Å². The lowest BCUT2D eigenvalue weighted by Gasteiger charge is -2.20. The monoisotopic (exact) mass is 449 g/mol. The summed E-state index contributed by atoms with van der Waals surface area (Å²) in [5.41, 5.74) is 2.60. The molecule has 3 heterocycles. The largest absolute Gasteiger partial charge is 0.494 e. The van der Waals surface area contributed by atoms with Crippen LogP contribution in [0, 0.1) is 13.8 Å². The maximum absolute atomic E-state index is 13.4. The molecule has 1 amide bonds. The minimum atomic E-state index is -0.259. The third kappa shape index (κ3) is 4.52. The molecule has 8 nitrogen and oxygen atoms in total. The van der Waals surface area contributed by atoms with Gasteiger partial charge < -0.3 is 4.74 Å². The second-order valence-electron chi connectivity index (χ2n) is 7.29. The lowest BCUT2D eigenvalue weighted by molar-refractivity contribution is -0.119. The van der Waals surface area contributed by atoms with Crippen LogP contribution >= 0.6 is 11.3 Å². The Morgan fingerprint density at radius 3 is 2.84 bits per heavy atom. The van der Waals surface area contributed by atoms with Crippen molar-refractivity contribution in [1.82, 2.24) is 19.5 Å². The molecule has 0 saturated carbocycles. The molecule has 32 heavy (non-hydrogen) atoms. The van der Waals surface area contributed by atoms with Gasteiger partial charge in [-0.2, -0.15) is 0 Å². The fraction of sp³-hybridized carbons (Fsp3) is 0.261. The average Bonchev–Trinajstić information content (AvgIpc) is 3.22. The molecule has 3 aromatic heterocycles. The number of anilines is 1. The number of pyridine rings is 1. The van der Waals surface area contributed by atoms with Crippen LogP contribution in [0.1, 0.15) is 23.7 Å². The Kier molecular flexibility index (Phi) is 6.27. The maximum atomic E-state index is 13.4. The van der Waals surface area contributed by atoms with Gasteiger partial charge in [0.15, 0.2) is 5.13 Å². The van der Waals surface area contributed by atoms with Crippen LogP contribution in [0.2, 0.25) is 0 Å². The molecule has 0 aliphatic heterocycles. The highest BCUT2D eigenvalue weighted by atomic mass is 32.1. The number of fused-ring (bicyclic) bond motifs is 1. The first-order chi connectivity index (χ1) is 15.5. The van der Waals surface area contributed by atoms with E-state index in [1.807, 2.05) is 37.3 Å². The number of thiazole rings is 1. The summed E-state index contributed by atoms with van der Waals surface area (Å²) < 4.78 is 7.84. The van der Waals surface area contributed by atoms with Crippen LogP contribution in [-0.2, 0) is 17.9 Å². The summed E-state index contributed by atoms with van der Waals surface area (Å²) in [5, 5.41) is 0.548. The highest BCUT2D eigenvalue weighted by Gasteiger charge is 2.22. The molecule has 4 rings (SSSR count). The highest BCUT2D eigenvalue weighted by Crippen LogP contribution is 2.32. The Hall–Kier alpha value is -3.59. The van der Waals surface area contributed by atoms with Crippen molar-refractivity contribution in [3.63, 3.8) is 0 Å². The number of nitrogens with zero attached hydrogens (tertiary/aromatic N) is 5. The number of amides is 1. The summed E-state index contributed by atoms with van der Waals surface area (Å²) in [7, 11) is 0. The smallest absolute Gasteiger partial charge is 0.256 e. The molecule has 164 valence electrons. The molecule has 0 saturated heterocycles. The molecular formula is C23H23N5O3S. The Labute approximate surface area is 189 Å². The first-order valence-electron chi connectivity index (χ1n) is 10.2. The molecule has 9 heteroatoms. The van der Waals surface area contributed by atoms with Crippen LogP contribution in [0.3, 0.4) is 0 Å². The Morgan fingerprint density at radius 1 is 1.25 bits per heavy atom. The number of aromatic nitrogens is 4. The third-order valence-electron chi connectivity index (χ3n) is 5.08. The lowest BCUT2D eigenvalue weighted by Crippen LogP contribution is -2.37. The van der Waals surface area contributed by atoms with Crippen molar-refractivity contribution in [2.75, 3.05) is 11.5 Å². The van der Waals surface area contributed by atoms with E-state index >= 15 is 0 Å². The van der Waals surface area contributed by atoms with Crippen molar-refractivity contribution in [2.24, 2.45) is 0 Å². The summed E-state index contributed by atoms with van der Waals surface area (Å²) in [6, 6.07) is 9.39. The number of carbonyl (C=O) groups is 1. The predicted molar refractivity (Wildman–Crippen MR) is 124 cm³/mol. The molecule has 0 aliphatic carbocycles. The number of carbonyl (C=O) groups excluding carboxylic acids is 1. The van der Waals surface area contributed by atoms with E-state index < -0.39 is 0 Å². The maximum Gasteiger partial charge on any atom is 0.256 e. The molecule has 0 spiro atoms. The molecule has 1 aromatic carbocycles. The zero-order valence-corrected chi connectivity index (χ0v) is 18.9. The van der Waals surface area contributed by atoms with Gasteiger partial charge in [0.2, 0.25) is 5.91 Å². The van der Waals surface area contributed by atoms with Gasteiger partial charge in [-0.15, -0.1) is 0 Å². The summed E-state index contributed by atoms with van der Waals surface area (Å²) in [5.74, 6) is 0.498. The Bertz CT molecular complexity index is 1320. The fourth-order valence-electron chi connectivity index (χ4n) is 3.22.